The molecule has 3 aliphatic heterocycles. The minimum atomic E-state index is -0.321. The zero-order chi connectivity index (χ0) is 19.7. The highest BCUT2D eigenvalue weighted by atomic mass is 19.1. The summed E-state index contributed by atoms with van der Waals surface area (Å²) in [5.41, 5.74) is 2.09. The third kappa shape index (κ3) is 3.77. The Morgan fingerprint density at radius 3 is 2.79 bits per heavy atom. The second-order valence-corrected chi connectivity index (χ2v) is 7.82. The Bertz CT molecular complexity index is 887. The number of aryl methyl sites for hydroxylation is 1. The highest BCUT2D eigenvalue weighted by Gasteiger charge is 2.38. The molecule has 3 aliphatic rings. The molecule has 3 saturated heterocycles. The van der Waals surface area contributed by atoms with Crippen LogP contribution in [-0.4, -0.2) is 52.3 Å². The largest absolute Gasteiger partial charge is 0.337 e. The van der Waals surface area contributed by atoms with E-state index in [1.807, 2.05) is 22.8 Å². The minimum Gasteiger partial charge on any atom is -0.337 e. The fourth-order valence-electron chi connectivity index (χ4n) is 4.30. The van der Waals surface area contributed by atoms with Crippen molar-refractivity contribution >= 4 is 11.8 Å². The van der Waals surface area contributed by atoms with Crippen LogP contribution in [0.1, 0.15) is 34.5 Å². The van der Waals surface area contributed by atoms with Crippen LogP contribution in [0.5, 0.6) is 0 Å². The van der Waals surface area contributed by atoms with Gasteiger partial charge in [-0.1, -0.05) is 12.1 Å². The molecule has 146 valence electrons. The molecular weight excluding hydrogens is 357 g/mol. The molecule has 2 bridgehead atoms. The molecule has 5 nitrogen and oxygen atoms in total. The average Bonchev–Trinajstić information content (AvgIpc) is 3.03. The lowest BCUT2D eigenvalue weighted by atomic mass is 9.94. The van der Waals surface area contributed by atoms with Gasteiger partial charge < -0.3 is 9.80 Å². The number of hydrogen-bond donors (Lipinski definition) is 0. The van der Waals surface area contributed by atoms with Crippen LogP contribution in [0.2, 0.25) is 0 Å². The van der Waals surface area contributed by atoms with Crippen LogP contribution in [0.4, 0.5) is 4.39 Å². The number of nitrogens with zero attached hydrogens (tertiary/aromatic N) is 3. The maximum atomic E-state index is 13.6. The Morgan fingerprint density at radius 2 is 2.00 bits per heavy atom. The van der Waals surface area contributed by atoms with Crippen molar-refractivity contribution in [1.82, 2.24) is 14.8 Å². The van der Waals surface area contributed by atoms with Crippen LogP contribution in [0, 0.1) is 18.7 Å². The van der Waals surface area contributed by atoms with Gasteiger partial charge in [0.25, 0.3) is 5.91 Å². The SMILES string of the molecule is Cc1ccc(F)cc1CC(=O)N1C[C@H]2CC[C@@H]1CN(C(=O)c1ccccn1)C2. The van der Waals surface area contributed by atoms with Gasteiger partial charge in [0.05, 0.1) is 6.42 Å². The van der Waals surface area contributed by atoms with Crippen LogP contribution >= 0.6 is 0 Å². The zero-order valence-electron chi connectivity index (χ0n) is 16.0. The molecule has 2 atom stereocenters. The standard InChI is InChI=1S/C22H24FN3O2/c1-15-5-7-18(23)10-17(15)11-21(27)26-13-16-6-8-19(26)14-25(12-16)22(28)20-4-2-3-9-24-20/h2-5,7,9-10,16,19H,6,8,11-14H2,1H3/t16-,19+/m0/s1. The average molecular weight is 381 g/mol. The van der Waals surface area contributed by atoms with E-state index in [9.17, 15) is 14.0 Å². The molecule has 1 aromatic heterocycles. The van der Waals surface area contributed by atoms with E-state index in [4.69, 9.17) is 0 Å². The summed E-state index contributed by atoms with van der Waals surface area (Å²) in [6.45, 7) is 3.72. The highest BCUT2D eigenvalue weighted by Crippen LogP contribution is 2.29. The lowest BCUT2D eigenvalue weighted by Gasteiger charge is -2.36. The fourth-order valence-corrected chi connectivity index (χ4v) is 4.30. The molecule has 6 heteroatoms. The van der Waals surface area contributed by atoms with Gasteiger partial charge in [0, 0.05) is 31.9 Å². The van der Waals surface area contributed by atoms with E-state index in [0.29, 0.717) is 25.3 Å². The summed E-state index contributed by atoms with van der Waals surface area (Å²) in [5.74, 6) is -0.120. The number of carbonyl (C=O) groups excluding carboxylic acids is 2. The molecule has 2 aromatic rings. The zero-order valence-corrected chi connectivity index (χ0v) is 16.0. The molecule has 0 N–H and O–H groups in total. The quantitative estimate of drug-likeness (QED) is 0.822. The van der Waals surface area contributed by atoms with Crippen LogP contribution in [0.3, 0.4) is 0 Å². The van der Waals surface area contributed by atoms with Gasteiger partial charge in [-0.05, 0) is 61.1 Å². The number of hydrogen-bond acceptors (Lipinski definition) is 3. The molecule has 3 fully saturated rings. The summed E-state index contributed by atoms with van der Waals surface area (Å²) in [7, 11) is 0. The molecule has 2 amide bonds. The Balaban J connectivity index is 1.49. The molecule has 1 aromatic carbocycles. The van der Waals surface area contributed by atoms with Crippen LogP contribution in [-0.2, 0) is 11.2 Å². The Morgan fingerprint density at radius 1 is 1.14 bits per heavy atom. The van der Waals surface area contributed by atoms with Gasteiger partial charge in [0.15, 0.2) is 0 Å². The summed E-state index contributed by atoms with van der Waals surface area (Å²) >= 11 is 0. The van der Waals surface area contributed by atoms with Crippen molar-refractivity contribution in [3.8, 4) is 0 Å². The van der Waals surface area contributed by atoms with E-state index in [2.05, 4.69) is 4.98 Å². The number of pyridine rings is 1. The first-order valence-electron chi connectivity index (χ1n) is 9.76. The third-order valence-electron chi connectivity index (χ3n) is 5.86. The van der Waals surface area contributed by atoms with Gasteiger partial charge in [0.1, 0.15) is 11.5 Å². The molecule has 0 saturated carbocycles. The predicted octanol–water partition coefficient (Wildman–Crippen LogP) is 2.83. The summed E-state index contributed by atoms with van der Waals surface area (Å²) in [6, 6.07) is 9.90. The van der Waals surface area contributed by atoms with Crippen molar-refractivity contribution in [3.05, 3.63) is 65.2 Å². The number of halogens is 1. The molecule has 4 heterocycles. The lowest BCUT2D eigenvalue weighted by Crippen LogP contribution is -2.48. The molecule has 5 rings (SSSR count). The maximum absolute atomic E-state index is 13.6. The summed E-state index contributed by atoms with van der Waals surface area (Å²) in [5, 5.41) is 0. The van der Waals surface area contributed by atoms with Crippen LogP contribution < -0.4 is 0 Å². The number of benzene rings is 1. The number of piperidine rings is 1. The van der Waals surface area contributed by atoms with E-state index >= 15 is 0 Å². The Labute approximate surface area is 164 Å². The normalized spacial score (nSPS) is 21.5. The van der Waals surface area contributed by atoms with E-state index in [1.165, 1.54) is 12.1 Å². The summed E-state index contributed by atoms with van der Waals surface area (Å²) in [4.78, 5) is 33.8. The fraction of sp³-hybridized carbons (Fsp3) is 0.409. The van der Waals surface area contributed by atoms with Crippen LogP contribution in [0.15, 0.2) is 42.6 Å². The van der Waals surface area contributed by atoms with E-state index in [1.54, 1.807) is 24.4 Å². The number of fused-ring (bicyclic) bond motifs is 4. The maximum Gasteiger partial charge on any atom is 0.272 e. The number of rotatable bonds is 3. The van der Waals surface area contributed by atoms with Crippen molar-refractivity contribution in [2.75, 3.05) is 19.6 Å². The monoisotopic (exact) mass is 381 g/mol. The van der Waals surface area contributed by atoms with Crippen molar-refractivity contribution in [1.29, 1.82) is 0 Å². The lowest BCUT2D eigenvalue weighted by molar-refractivity contribution is -0.134. The number of aromatic nitrogens is 1. The molecule has 0 radical (unpaired) electrons. The highest BCUT2D eigenvalue weighted by molar-refractivity contribution is 5.92. The number of carbonyl (C=O) groups is 2. The van der Waals surface area contributed by atoms with Gasteiger partial charge in [0.2, 0.25) is 5.91 Å². The Kier molecular flexibility index (Phi) is 5.11. The first kappa shape index (κ1) is 18.6. The Hall–Kier alpha value is -2.76. The molecule has 0 spiro atoms. The second-order valence-electron chi connectivity index (χ2n) is 7.82. The van der Waals surface area contributed by atoms with E-state index in [-0.39, 0.29) is 36.0 Å². The molecule has 0 unspecified atom stereocenters. The van der Waals surface area contributed by atoms with Gasteiger partial charge in [-0.15, -0.1) is 0 Å². The van der Waals surface area contributed by atoms with Gasteiger partial charge in [-0.25, -0.2) is 4.39 Å². The summed E-state index contributed by atoms with van der Waals surface area (Å²) < 4.78 is 13.6. The van der Waals surface area contributed by atoms with Crippen molar-refractivity contribution in [3.63, 3.8) is 0 Å². The van der Waals surface area contributed by atoms with Crippen molar-refractivity contribution in [2.24, 2.45) is 5.92 Å². The molecule has 0 aliphatic carbocycles. The first-order valence-corrected chi connectivity index (χ1v) is 9.76. The number of amides is 2. The minimum absolute atomic E-state index is 0.00720. The molecular formula is C22H24FN3O2. The predicted molar refractivity (Wildman–Crippen MR) is 103 cm³/mol. The van der Waals surface area contributed by atoms with E-state index < -0.39 is 0 Å². The topological polar surface area (TPSA) is 53.5 Å². The van der Waals surface area contributed by atoms with Crippen molar-refractivity contribution < 1.29 is 14.0 Å². The van der Waals surface area contributed by atoms with Gasteiger partial charge >= 0.3 is 0 Å². The van der Waals surface area contributed by atoms with E-state index in [0.717, 1.165) is 24.0 Å². The molecule has 28 heavy (non-hydrogen) atoms. The smallest absolute Gasteiger partial charge is 0.272 e. The first-order chi connectivity index (χ1) is 13.5. The van der Waals surface area contributed by atoms with Crippen molar-refractivity contribution in [2.45, 2.75) is 32.2 Å². The summed E-state index contributed by atoms with van der Waals surface area (Å²) in [6.07, 6.45) is 3.72. The van der Waals surface area contributed by atoms with Gasteiger partial charge in [-0.2, -0.15) is 0 Å². The third-order valence-corrected chi connectivity index (χ3v) is 5.86. The van der Waals surface area contributed by atoms with Crippen LogP contribution in [0.25, 0.3) is 0 Å². The van der Waals surface area contributed by atoms with Gasteiger partial charge in [-0.3, -0.25) is 14.6 Å². The second kappa shape index (κ2) is 7.70.